The highest BCUT2D eigenvalue weighted by atomic mass is 16.3. The molecule has 0 amide bonds. The molecule has 0 spiro atoms. The van der Waals surface area contributed by atoms with Crippen LogP contribution < -0.4 is 0 Å². The zero-order valence-corrected chi connectivity index (χ0v) is 7.84. The topological polar surface area (TPSA) is 57.5 Å². The van der Waals surface area contributed by atoms with Crippen molar-refractivity contribution in [1.82, 2.24) is 0 Å². The van der Waals surface area contributed by atoms with Crippen molar-refractivity contribution in [2.24, 2.45) is 5.92 Å². The van der Waals surface area contributed by atoms with E-state index in [1.54, 1.807) is 12.1 Å². The molecule has 2 atom stereocenters. The van der Waals surface area contributed by atoms with E-state index in [-0.39, 0.29) is 13.0 Å². The summed E-state index contributed by atoms with van der Waals surface area (Å²) < 4.78 is 0. The van der Waals surface area contributed by atoms with Crippen LogP contribution in [-0.2, 0) is 4.79 Å². The number of benzene rings is 1. The van der Waals surface area contributed by atoms with Gasteiger partial charge in [0.25, 0.3) is 0 Å². The number of aliphatic hydroxyl groups is 2. The molecule has 0 saturated heterocycles. The fraction of sp³-hybridized carbons (Fsp3) is 0.364. The number of aliphatic hydroxyl groups excluding tert-OH is 2. The first kappa shape index (κ1) is 10.9. The third-order valence-electron chi connectivity index (χ3n) is 2.22. The van der Waals surface area contributed by atoms with Crippen molar-refractivity contribution in [2.45, 2.75) is 12.5 Å². The molecular formula is C11H14O3. The summed E-state index contributed by atoms with van der Waals surface area (Å²) in [6.07, 6.45) is 0.117. The molecule has 0 aliphatic rings. The Morgan fingerprint density at radius 1 is 1.29 bits per heavy atom. The predicted molar refractivity (Wildman–Crippen MR) is 52.7 cm³/mol. The Balaban J connectivity index is 2.72. The Kier molecular flexibility index (Phi) is 4.29. The van der Waals surface area contributed by atoms with E-state index in [9.17, 15) is 9.90 Å². The zero-order valence-electron chi connectivity index (χ0n) is 7.84. The SMILES string of the molecule is O=CCC(CO)C(O)c1ccccc1. The second-order valence-corrected chi connectivity index (χ2v) is 3.20. The predicted octanol–water partition coefficient (Wildman–Crippen LogP) is 0.917. The van der Waals surface area contributed by atoms with Crippen LogP contribution in [0, 0.1) is 5.92 Å². The summed E-state index contributed by atoms with van der Waals surface area (Å²) in [5.74, 6) is -0.408. The van der Waals surface area contributed by atoms with Gasteiger partial charge < -0.3 is 15.0 Å². The number of aldehydes is 1. The number of carbonyl (C=O) groups is 1. The molecule has 14 heavy (non-hydrogen) atoms. The summed E-state index contributed by atoms with van der Waals surface area (Å²) in [4.78, 5) is 10.3. The quantitative estimate of drug-likeness (QED) is 0.685. The van der Waals surface area contributed by atoms with Crippen LogP contribution in [-0.4, -0.2) is 23.1 Å². The highest BCUT2D eigenvalue weighted by Gasteiger charge is 2.19. The molecule has 0 saturated carbocycles. The number of carbonyl (C=O) groups excluding carboxylic acids is 1. The molecule has 76 valence electrons. The van der Waals surface area contributed by atoms with Crippen LogP contribution in [0.25, 0.3) is 0 Å². The third kappa shape index (κ3) is 2.65. The van der Waals surface area contributed by atoms with E-state index < -0.39 is 12.0 Å². The molecule has 0 aromatic heterocycles. The van der Waals surface area contributed by atoms with Gasteiger partial charge in [-0.05, 0) is 5.56 Å². The van der Waals surface area contributed by atoms with Gasteiger partial charge in [0.05, 0.1) is 6.10 Å². The summed E-state index contributed by atoms with van der Waals surface area (Å²) >= 11 is 0. The van der Waals surface area contributed by atoms with E-state index in [1.165, 1.54) is 0 Å². The summed E-state index contributed by atoms with van der Waals surface area (Å²) in [5, 5.41) is 18.8. The van der Waals surface area contributed by atoms with Gasteiger partial charge in [-0.3, -0.25) is 0 Å². The van der Waals surface area contributed by atoms with Crippen LogP contribution >= 0.6 is 0 Å². The first-order chi connectivity index (χ1) is 6.79. The molecule has 2 N–H and O–H groups in total. The van der Waals surface area contributed by atoms with Crippen LogP contribution in [0.3, 0.4) is 0 Å². The molecule has 1 rings (SSSR count). The Morgan fingerprint density at radius 3 is 2.43 bits per heavy atom. The van der Waals surface area contributed by atoms with Gasteiger partial charge in [-0.15, -0.1) is 0 Å². The second kappa shape index (κ2) is 5.52. The first-order valence-electron chi connectivity index (χ1n) is 4.57. The van der Waals surface area contributed by atoms with Gasteiger partial charge >= 0.3 is 0 Å². The Labute approximate surface area is 83.0 Å². The third-order valence-corrected chi connectivity index (χ3v) is 2.22. The maximum atomic E-state index is 10.3. The van der Waals surface area contributed by atoms with Crippen molar-refractivity contribution in [2.75, 3.05) is 6.61 Å². The Morgan fingerprint density at radius 2 is 1.93 bits per heavy atom. The lowest BCUT2D eigenvalue weighted by molar-refractivity contribution is -0.110. The van der Waals surface area contributed by atoms with Crippen LogP contribution in [0.4, 0.5) is 0 Å². The van der Waals surface area contributed by atoms with Crippen molar-refractivity contribution < 1.29 is 15.0 Å². The fourth-order valence-corrected chi connectivity index (χ4v) is 1.35. The standard InChI is InChI=1S/C11H14O3/c12-7-6-10(8-13)11(14)9-4-2-1-3-5-9/h1-5,7,10-11,13-14H,6,8H2. The molecule has 0 heterocycles. The average molecular weight is 194 g/mol. The summed E-state index contributed by atoms with van der Waals surface area (Å²) in [6, 6.07) is 9.03. The van der Waals surface area contributed by atoms with Crippen LogP contribution in [0.15, 0.2) is 30.3 Å². The average Bonchev–Trinajstić information content (AvgIpc) is 2.26. The van der Waals surface area contributed by atoms with Gasteiger partial charge in [-0.2, -0.15) is 0 Å². The lowest BCUT2D eigenvalue weighted by Crippen LogP contribution is -2.17. The molecular weight excluding hydrogens is 180 g/mol. The van der Waals surface area contributed by atoms with Gasteiger partial charge in [0.2, 0.25) is 0 Å². The van der Waals surface area contributed by atoms with E-state index in [0.717, 1.165) is 5.56 Å². The number of hydrogen-bond donors (Lipinski definition) is 2. The Hall–Kier alpha value is -1.19. The second-order valence-electron chi connectivity index (χ2n) is 3.20. The maximum absolute atomic E-state index is 10.3. The van der Waals surface area contributed by atoms with Crippen LogP contribution in [0.2, 0.25) is 0 Å². The molecule has 1 aromatic rings. The van der Waals surface area contributed by atoms with Crippen LogP contribution in [0.1, 0.15) is 18.1 Å². The molecule has 0 radical (unpaired) electrons. The highest BCUT2D eigenvalue weighted by Crippen LogP contribution is 2.23. The van der Waals surface area contributed by atoms with Gasteiger partial charge in [-0.1, -0.05) is 30.3 Å². The minimum Gasteiger partial charge on any atom is -0.396 e. The fourth-order valence-electron chi connectivity index (χ4n) is 1.35. The summed E-state index contributed by atoms with van der Waals surface area (Å²) in [7, 11) is 0. The van der Waals surface area contributed by atoms with E-state index in [4.69, 9.17) is 5.11 Å². The van der Waals surface area contributed by atoms with Crippen molar-refractivity contribution in [1.29, 1.82) is 0 Å². The number of hydrogen-bond acceptors (Lipinski definition) is 3. The van der Waals surface area contributed by atoms with Crippen molar-refractivity contribution in [3.05, 3.63) is 35.9 Å². The van der Waals surface area contributed by atoms with Crippen molar-refractivity contribution in [3.8, 4) is 0 Å². The lowest BCUT2D eigenvalue weighted by atomic mass is 9.94. The van der Waals surface area contributed by atoms with Gasteiger partial charge in [-0.25, -0.2) is 0 Å². The number of rotatable bonds is 5. The Bertz CT molecular complexity index is 271. The van der Waals surface area contributed by atoms with Gasteiger partial charge in [0, 0.05) is 18.9 Å². The van der Waals surface area contributed by atoms with E-state index in [2.05, 4.69) is 0 Å². The molecule has 0 bridgehead atoms. The smallest absolute Gasteiger partial charge is 0.120 e. The minimum atomic E-state index is -0.772. The van der Waals surface area contributed by atoms with Crippen LogP contribution in [0.5, 0.6) is 0 Å². The minimum absolute atomic E-state index is 0.173. The molecule has 0 aliphatic heterocycles. The van der Waals surface area contributed by atoms with E-state index >= 15 is 0 Å². The monoisotopic (exact) mass is 194 g/mol. The molecule has 0 fully saturated rings. The van der Waals surface area contributed by atoms with Crippen molar-refractivity contribution >= 4 is 6.29 Å². The molecule has 2 unspecified atom stereocenters. The summed E-state index contributed by atoms with van der Waals surface area (Å²) in [6.45, 7) is -0.186. The van der Waals surface area contributed by atoms with E-state index in [0.29, 0.717) is 6.29 Å². The maximum Gasteiger partial charge on any atom is 0.120 e. The van der Waals surface area contributed by atoms with Gasteiger partial charge in [0.15, 0.2) is 0 Å². The largest absolute Gasteiger partial charge is 0.396 e. The molecule has 3 nitrogen and oxygen atoms in total. The normalized spacial score (nSPS) is 14.7. The lowest BCUT2D eigenvalue weighted by Gasteiger charge is -2.18. The van der Waals surface area contributed by atoms with Crippen molar-refractivity contribution in [3.63, 3.8) is 0 Å². The zero-order chi connectivity index (χ0) is 10.4. The summed E-state index contributed by atoms with van der Waals surface area (Å²) in [5.41, 5.74) is 0.730. The molecule has 1 aromatic carbocycles. The van der Waals surface area contributed by atoms with Gasteiger partial charge in [0.1, 0.15) is 6.29 Å². The first-order valence-corrected chi connectivity index (χ1v) is 4.57. The molecule has 0 aliphatic carbocycles. The molecule has 3 heteroatoms. The highest BCUT2D eigenvalue weighted by molar-refractivity contribution is 5.50. The van der Waals surface area contributed by atoms with E-state index in [1.807, 2.05) is 18.2 Å².